The van der Waals surface area contributed by atoms with Crippen LogP contribution in [-0.4, -0.2) is 27.4 Å². The van der Waals surface area contributed by atoms with E-state index in [2.05, 4.69) is 10.4 Å². The fourth-order valence-corrected chi connectivity index (χ4v) is 2.91. The monoisotopic (exact) mass is 317 g/mol. The number of nitrogens with one attached hydrogen (secondary N) is 1. The Hall–Kier alpha value is -2.38. The molecule has 0 bridgehead atoms. The highest BCUT2D eigenvalue weighted by molar-refractivity contribution is 7.13. The molecule has 3 rings (SSSR count). The van der Waals surface area contributed by atoms with Crippen LogP contribution in [0.2, 0.25) is 0 Å². The molecule has 0 aromatic carbocycles. The summed E-state index contributed by atoms with van der Waals surface area (Å²) in [6.07, 6.45) is 3.17. The first-order valence-electron chi connectivity index (χ1n) is 6.71. The molecule has 1 amide bonds. The second-order valence-corrected chi connectivity index (χ2v) is 5.71. The third-order valence-electron chi connectivity index (χ3n) is 3.20. The van der Waals surface area contributed by atoms with Gasteiger partial charge in [0.1, 0.15) is 17.5 Å². The van der Waals surface area contributed by atoms with E-state index in [0.29, 0.717) is 17.0 Å². The summed E-state index contributed by atoms with van der Waals surface area (Å²) < 4.78 is 6.84. The van der Waals surface area contributed by atoms with Gasteiger partial charge in [0, 0.05) is 13.2 Å². The van der Waals surface area contributed by atoms with Gasteiger partial charge in [0.2, 0.25) is 0 Å². The van der Waals surface area contributed by atoms with Gasteiger partial charge in [-0.1, -0.05) is 6.07 Å². The molecule has 0 aliphatic carbocycles. The molecule has 0 saturated carbocycles. The normalized spacial score (nSPS) is 12.3. The summed E-state index contributed by atoms with van der Waals surface area (Å²) in [6.45, 7) is -0.242. The molecular weight excluding hydrogens is 302 g/mol. The van der Waals surface area contributed by atoms with Gasteiger partial charge < -0.3 is 14.8 Å². The zero-order chi connectivity index (χ0) is 15.5. The van der Waals surface area contributed by atoms with Gasteiger partial charge >= 0.3 is 0 Å². The van der Waals surface area contributed by atoms with E-state index in [-0.39, 0.29) is 12.5 Å². The molecule has 0 aliphatic heterocycles. The molecule has 3 heterocycles. The number of rotatable bonds is 5. The van der Waals surface area contributed by atoms with E-state index in [1.807, 2.05) is 17.5 Å². The Morgan fingerprint density at radius 2 is 2.36 bits per heavy atom. The minimum atomic E-state index is -0.584. The van der Waals surface area contributed by atoms with Gasteiger partial charge in [0.25, 0.3) is 5.91 Å². The molecule has 6 nitrogen and oxygen atoms in total. The van der Waals surface area contributed by atoms with Crippen molar-refractivity contribution in [3.05, 3.63) is 53.4 Å². The van der Waals surface area contributed by atoms with Crippen molar-refractivity contribution < 1.29 is 14.3 Å². The average Bonchev–Trinajstić information content (AvgIpc) is 3.24. The number of nitrogens with zero attached hydrogens (tertiary/aromatic N) is 2. The molecule has 114 valence electrons. The topological polar surface area (TPSA) is 80.3 Å². The van der Waals surface area contributed by atoms with Crippen LogP contribution < -0.4 is 5.32 Å². The van der Waals surface area contributed by atoms with Crippen LogP contribution in [0.25, 0.3) is 10.6 Å². The van der Waals surface area contributed by atoms with Crippen LogP contribution in [0.3, 0.4) is 0 Å². The molecule has 2 N–H and O–H groups in total. The van der Waals surface area contributed by atoms with Gasteiger partial charge in [-0.2, -0.15) is 5.10 Å². The summed E-state index contributed by atoms with van der Waals surface area (Å²) in [6, 6.07) is 6.67. The van der Waals surface area contributed by atoms with Crippen molar-refractivity contribution in [1.82, 2.24) is 15.1 Å². The minimum absolute atomic E-state index is 0.242. The highest BCUT2D eigenvalue weighted by atomic mass is 32.1. The Balaban J connectivity index is 1.86. The lowest BCUT2D eigenvalue weighted by Gasteiger charge is -2.13. The van der Waals surface area contributed by atoms with Crippen LogP contribution in [0.1, 0.15) is 22.2 Å². The Morgan fingerprint density at radius 3 is 3.00 bits per heavy atom. The molecule has 22 heavy (non-hydrogen) atoms. The Labute approximate surface area is 131 Å². The largest absolute Gasteiger partial charge is 0.467 e. The molecule has 1 unspecified atom stereocenters. The summed E-state index contributed by atoms with van der Waals surface area (Å²) in [7, 11) is 1.77. The predicted octanol–water partition coefficient (Wildman–Crippen LogP) is 2.21. The molecular formula is C15H15N3O3S. The minimum Gasteiger partial charge on any atom is -0.467 e. The number of aryl methyl sites for hydroxylation is 1. The van der Waals surface area contributed by atoms with Crippen molar-refractivity contribution in [2.24, 2.45) is 7.05 Å². The van der Waals surface area contributed by atoms with Crippen molar-refractivity contribution in [3.8, 4) is 10.6 Å². The lowest BCUT2D eigenvalue weighted by atomic mass is 10.1. The second-order valence-electron chi connectivity index (χ2n) is 4.77. The third kappa shape index (κ3) is 2.81. The summed E-state index contributed by atoms with van der Waals surface area (Å²) in [5, 5.41) is 18.5. The fraction of sp³-hybridized carbons (Fsp3) is 0.200. The Kier molecular flexibility index (Phi) is 4.08. The lowest BCUT2D eigenvalue weighted by Crippen LogP contribution is -2.30. The van der Waals surface area contributed by atoms with Crippen LogP contribution in [-0.2, 0) is 7.05 Å². The van der Waals surface area contributed by atoms with Crippen molar-refractivity contribution in [2.45, 2.75) is 6.04 Å². The number of hydrogen-bond acceptors (Lipinski definition) is 5. The fourth-order valence-electron chi connectivity index (χ4n) is 2.18. The summed E-state index contributed by atoms with van der Waals surface area (Å²) in [5.74, 6) is 0.212. The van der Waals surface area contributed by atoms with Gasteiger partial charge in [-0.25, -0.2) is 0 Å². The molecule has 0 aliphatic rings. The maximum absolute atomic E-state index is 12.5. The van der Waals surface area contributed by atoms with Gasteiger partial charge in [-0.3, -0.25) is 9.48 Å². The molecule has 0 fully saturated rings. The van der Waals surface area contributed by atoms with E-state index in [0.717, 1.165) is 4.88 Å². The molecule has 7 heteroatoms. The van der Waals surface area contributed by atoms with Gasteiger partial charge in [-0.15, -0.1) is 11.3 Å². The molecule has 3 aromatic heterocycles. The third-order valence-corrected chi connectivity index (χ3v) is 4.08. The molecule has 3 aromatic rings. The highest BCUT2D eigenvalue weighted by Crippen LogP contribution is 2.27. The Bertz CT molecular complexity index is 747. The number of aliphatic hydroxyl groups excluding tert-OH is 1. The van der Waals surface area contributed by atoms with E-state index in [4.69, 9.17) is 4.42 Å². The van der Waals surface area contributed by atoms with Crippen molar-refractivity contribution in [2.75, 3.05) is 6.61 Å². The average molecular weight is 317 g/mol. The van der Waals surface area contributed by atoms with Crippen molar-refractivity contribution >= 4 is 17.2 Å². The lowest BCUT2D eigenvalue weighted by molar-refractivity contribution is 0.0908. The molecule has 0 radical (unpaired) electrons. The van der Waals surface area contributed by atoms with E-state index in [1.54, 1.807) is 30.1 Å². The van der Waals surface area contributed by atoms with Gasteiger partial charge in [0.05, 0.1) is 23.3 Å². The Morgan fingerprint density at radius 1 is 1.50 bits per heavy atom. The SMILES string of the molecule is Cn1cc(C(=O)NC(CO)c2ccco2)c(-c2cccs2)n1. The maximum atomic E-state index is 12.5. The van der Waals surface area contributed by atoms with Crippen LogP contribution in [0.15, 0.2) is 46.5 Å². The predicted molar refractivity (Wildman–Crippen MR) is 82.5 cm³/mol. The number of hydrogen-bond donors (Lipinski definition) is 2. The first-order valence-corrected chi connectivity index (χ1v) is 7.59. The summed E-state index contributed by atoms with van der Waals surface area (Å²) >= 11 is 1.52. The maximum Gasteiger partial charge on any atom is 0.255 e. The van der Waals surface area contributed by atoms with Crippen LogP contribution in [0, 0.1) is 0 Å². The van der Waals surface area contributed by atoms with E-state index >= 15 is 0 Å². The number of aliphatic hydroxyl groups is 1. The quantitative estimate of drug-likeness (QED) is 0.756. The van der Waals surface area contributed by atoms with Crippen LogP contribution >= 0.6 is 11.3 Å². The molecule has 1 atom stereocenters. The smallest absolute Gasteiger partial charge is 0.255 e. The van der Waals surface area contributed by atoms with E-state index in [1.165, 1.54) is 17.6 Å². The highest BCUT2D eigenvalue weighted by Gasteiger charge is 2.22. The molecule has 0 spiro atoms. The number of carbonyl (C=O) groups is 1. The number of carbonyl (C=O) groups excluding carboxylic acids is 1. The summed E-state index contributed by atoms with van der Waals surface area (Å²) in [5.41, 5.74) is 1.10. The van der Waals surface area contributed by atoms with Crippen molar-refractivity contribution in [3.63, 3.8) is 0 Å². The van der Waals surface area contributed by atoms with Crippen LogP contribution in [0.4, 0.5) is 0 Å². The number of thiophene rings is 1. The van der Waals surface area contributed by atoms with Crippen LogP contribution in [0.5, 0.6) is 0 Å². The number of amides is 1. The first kappa shape index (κ1) is 14.6. The van der Waals surface area contributed by atoms with Gasteiger partial charge in [0.15, 0.2) is 0 Å². The molecule has 0 saturated heterocycles. The van der Waals surface area contributed by atoms with E-state index in [9.17, 15) is 9.90 Å². The summed E-state index contributed by atoms with van der Waals surface area (Å²) in [4.78, 5) is 13.4. The zero-order valence-electron chi connectivity index (χ0n) is 11.9. The van der Waals surface area contributed by atoms with Gasteiger partial charge in [-0.05, 0) is 23.6 Å². The number of furan rings is 1. The standard InChI is InChI=1S/C15H15N3O3S/c1-18-8-10(14(17-18)13-5-3-7-22-13)15(20)16-11(9-19)12-4-2-6-21-12/h2-8,11,19H,9H2,1H3,(H,16,20). The second kappa shape index (κ2) is 6.17. The number of aromatic nitrogens is 2. The van der Waals surface area contributed by atoms with E-state index < -0.39 is 6.04 Å². The van der Waals surface area contributed by atoms with Crippen molar-refractivity contribution in [1.29, 1.82) is 0 Å². The first-order chi connectivity index (χ1) is 10.7. The zero-order valence-corrected chi connectivity index (χ0v) is 12.7.